The average Bonchev–Trinajstić information content (AvgIpc) is 2.94. The number of thioether (sulfide) groups is 1. The molecule has 2 heterocycles. The van der Waals surface area contributed by atoms with Gasteiger partial charge in [-0.1, -0.05) is 19.3 Å². The minimum Gasteiger partial charge on any atom is -0.305 e. The smallest absolute Gasteiger partial charge is 0.305 e. The first-order chi connectivity index (χ1) is 15.6. The summed E-state index contributed by atoms with van der Waals surface area (Å²) in [5.41, 5.74) is -3.31. The van der Waals surface area contributed by atoms with E-state index < -0.39 is 23.0 Å². The lowest BCUT2D eigenvalue weighted by atomic mass is 9.86. The van der Waals surface area contributed by atoms with Crippen LogP contribution < -0.4 is 4.90 Å². The number of pyridine rings is 1. The summed E-state index contributed by atoms with van der Waals surface area (Å²) < 4.78 is 37.8. The van der Waals surface area contributed by atoms with E-state index in [9.17, 15) is 22.8 Å². The molecule has 0 atom stereocenters. The van der Waals surface area contributed by atoms with Gasteiger partial charge in [-0.2, -0.15) is 13.2 Å². The van der Waals surface area contributed by atoms with Crippen molar-refractivity contribution in [2.45, 2.75) is 74.4 Å². The summed E-state index contributed by atoms with van der Waals surface area (Å²) in [6.45, 7) is 3.62. The van der Waals surface area contributed by atoms with Crippen LogP contribution in [0.5, 0.6) is 0 Å². The van der Waals surface area contributed by atoms with Gasteiger partial charge in [-0.3, -0.25) is 9.78 Å². The van der Waals surface area contributed by atoms with Crippen molar-refractivity contribution in [2.75, 3.05) is 4.90 Å². The zero-order valence-electron chi connectivity index (χ0n) is 18.6. The number of amides is 3. The number of hydrogen-bond acceptors (Lipinski definition) is 4. The summed E-state index contributed by atoms with van der Waals surface area (Å²) in [6, 6.07) is 8.67. The molecule has 0 bridgehead atoms. The number of imide groups is 1. The van der Waals surface area contributed by atoms with Crippen molar-refractivity contribution in [1.29, 1.82) is 0 Å². The number of hydrogen-bond donors (Lipinski definition) is 0. The van der Waals surface area contributed by atoms with E-state index >= 15 is 0 Å². The van der Waals surface area contributed by atoms with Crippen LogP contribution in [0, 0.1) is 0 Å². The van der Waals surface area contributed by atoms with E-state index in [0.717, 1.165) is 29.0 Å². The first-order valence-electron chi connectivity index (χ1n) is 11.0. The number of carbonyl (C=O) groups excluding carboxylic acids is 2. The van der Waals surface area contributed by atoms with Crippen LogP contribution >= 0.6 is 11.8 Å². The molecule has 2 fully saturated rings. The van der Waals surface area contributed by atoms with Gasteiger partial charge >= 0.3 is 11.5 Å². The minimum atomic E-state index is -4.40. The number of nitrogens with zero attached hydrogens (tertiary/aromatic N) is 3. The van der Waals surface area contributed by atoms with Gasteiger partial charge in [0.1, 0.15) is 5.54 Å². The third-order valence-electron chi connectivity index (χ3n) is 6.36. The number of aromatic nitrogens is 1. The Morgan fingerprint density at radius 1 is 1.06 bits per heavy atom. The first-order valence-corrected chi connectivity index (χ1v) is 11.8. The average molecular weight is 478 g/mol. The number of alkyl halides is 3. The molecule has 0 spiro atoms. The van der Waals surface area contributed by atoms with Crippen molar-refractivity contribution in [3.05, 3.63) is 53.9 Å². The molecule has 1 saturated heterocycles. The van der Waals surface area contributed by atoms with Crippen molar-refractivity contribution in [3.8, 4) is 0 Å². The summed E-state index contributed by atoms with van der Waals surface area (Å²) in [6.07, 6.45) is 7.61. The van der Waals surface area contributed by atoms with Crippen LogP contribution in [0.1, 0.15) is 63.1 Å². The highest BCUT2D eigenvalue weighted by molar-refractivity contribution is 8.00. The molecule has 3 amide bonds. The van der Waals surface area contributed by atoms with Crippen molar-refractivity contribution < 1.29 is 22.8 Å². The number of rotatable bonds is 5. The van der Waals surface area contributed by atoms with Gasteiger partial charge in [0.2, 0.25) is 0 Å². The quantitative estimate of drug-likeness (QED) is 0.365. The summed E-state index contributed by atoms with van der Waals surface area (Å²) >= 11 is -0.236. The van der Waals surface area contributed by atoms with Crippen LogP contribution in [0.15, 0.2) is 47.5 Å². The highest BCUT2D eigenvalue weighted by atomic mass is 32.2. The van der Waals surface area contributed by atoms with E-state index in [2.05, 4.69) is 4.98 Å². The maximum absolute atomic E-state index is 13.3. The molecule has 5 nitrogen and oxygen atoms in total. The predicted octanol–water partition coefficient (Wildman–Crippen LogP) is 6.49. The molecule has 0 radical (unpaired) electrons. The van der Waals surface area contributed by atoms with Gasteiger partial charge in [0.15, 0.2) is 0 Å². The molecular formula is C24H26F3N3O2S. The largest absolute Gasteiger partial charge is 0.446 e. The monoisotopic (exact) mass is 477 g/mol. The molecule has 1 aromatic carbocycles. The molecule has 0 N–H and O–H groups in total. The van der Waals surface area contributed by atoms with Crippen LogP contribution in [0.4, 0.5) is 23.7 Å². The van der Waals surface area contributed by atoms with Crippen LogP contribution in [-0.2, 0) is 11.3 Å². The molecule has 4 rings (SSSR count). The van der Waals surface area contributed by atoms with Crippen LogP contribution in [-0.4, -0.2) is 32.9 Å². The summed E-state index contributed by atoms with van der Waals surface area (Å²) in [4.78, 5) is 33.5. The number of carbonyl (C=O) groups is 2. The standard InChI is InChI=1S/C24H26F3N3O2S/c1-23(2)21(31)30(18-8-10-19(11-9-18)33-24(25,26)27)22(32)29(23)15-16-12-13-28-20(14-16)17-6-4-3-5-7-17/h8-14,17H,3-7,15H2,1-2H3. The summed E-state index contributed by atoms with van der Waals surface area (Å²) in [5, 5.41) is 0. The number of anilines is 1. The second kappa shape index (κ2) is 9.00. The third-order valence-corrected chi connectivity index (χ3v) is 7.10. The molecule has 0 unspecified atom stereocenters. The molecule has 1 aliphatic carbocycles. The van der Waals surface area contributed by atoms with Gasteiger partial charge < -0.3 is 4.90 Å². The molecule has 1 aromatic heterocycles. The Hall–Kier alpha value is -2.55. The predicted molar refractivity (Wildman–Crippen MR) is 121 cm³/mol. The Kier molecular flexibility index (Phi) is 6.44. The van der Waals surface area contributed by atoms with Gasteiger partial charge in [0, 0.05) is 29.2 Å². The molecule has 1 saturated carbocycles. The van der Waals surface area contributed by atoms with Crippen molar-refractivity contribution in [3.63, 3.8) is 0 Å². The fourth-order valence-corrected chi connectivity index (χ4v) is 5.06. The lowest BCUT2D eigenvalue weighted by Gasteiger charge is -2.28. The minimum absolute atomic E-state index is 0.00603. The van der Waals surface area contributed by atoms with Gasteiger partial charge in [0.05, 0.1) is 5.69 Å². The fourth-order valence-electron chi connectivity index (χ4n) is 4.52. The van der Waals surface area contributed by atoms with Crippen molar-refractivity contribution in [1.82, 2.24) is 9.88 Å². The Bertz CT molecular complexity index is 1030. The van der Waals surface area contributed by atoms with Crippen LogP contribution in [0.3, 0.4) is 0 Å². The summed E-state index contributed by atoms with van der Waals surface area (Å²) in [5.74, 6) is 0.0116. The Morgan fingerprint density at radius 3 is 2.36 bits per heavy atom. The van der Waals surface area contributed by atoms with Gasteiger partial charge in [-0.05, 0) is 80.4 Å². The highest BCUT2D eigenvalue weighted by Gasteiger charge is 2.51. The maximum atomic E-state index is 13.3. The van der Waals surface area contributed by atoms with Gasteiger partial charge in [-0.15, -0.1) is 0 Å². The number of urea groups is 1. The van der Waals surface area contributed by atoms with E-state index in [4.69, 9.17) is 0 Å². The second-order valence-corrected chi connectivity index (χ2v) is 10.2. The maximum Gasteiger partial charge on any atom is 0.446 e. The van der Waals surface area contributed by atoms with Gasteiger partial charge in [-0.25, -0.2) is 9.69 Å². The highest BCUT2D eigenvalue weighted by Crippen LogP contribution is 2.39. The molecule has 33 heavy (non-hydrogen) atoms. The lowest BCUT2D eigenvalue weighted by Crippen LogP contribution is -2.43. The topological polar surface area (TPSA) is 53.5 Å². The number of halogens is 3. The molecular weight excluding hydrogens is 451 g/mol. The second-order valence-electron chi connectivity index (χ2n) is 9.03. The van der Waals surface area contributed by atoms with E-state index in [1.807, 2.05) is 12.1 Å². The van der Waals surface area contributed by atoms with E-state index in [1.54, 1.807) is 20.0 Å². The zero-order valence-corrected chi connectivity index (χ0v) is 19.4. The Morgan fingerprint density at radius 2 is 1.73 bits per heavy atom. The Labute approximate surface area is 195 Å². The van der Waals surface area contributed by atoms with Crippen LogP contribution in [0.25, 0.3) is 0 Å². The van der Waals surface area contributed by atoms with E-state index in [1.165, 1.54) is 48.4 Å². The first kappa shape index (κ1) is 23.6. The Balaban J connectivity index is 1.54. The molecule has 176 valence electrons. The van der Waals surface area contributed by atoms with E-state index in [0.29, 0.717) is 5.92 Å². The lowest BCUT2D eigenvalue weighted by molar-refractivity contribution is -0.123. The molecule has 1 aliphatic heterocycles. The van der Waals surface area contributed by atoms with Gasteiger partial charge in [0.25, 0.3) is 5.91 Å². The molecule has 2 aromatic rings. The zero-order chi connectivity index (χ0) is 23.8. The number of benzene rings is 1. The normalized spacial score (nSPS) is 19.4. The SMILES string of the molecule is CC1(C)C(=O)N(c2ccc(SC(F)(F)F)cc2)C(=O)N1Cc1ccnc(C2CCCCC2)c1. The molecule has 2 aliphatic rings. The van der Waals surface area contributed by atoms with Crippen molar-refractivity contribution >= 4 is 29.4 Å². The molecule has 9 heteroatoms. The summed E-state index contributed by atoms with van der Waals surface area (Å²) in [7, 11) is 0. The third kappa shape index (κ3) is 5.03. The van der Waals surface area contributed by atoms with Crippen molar-refractivity contribution in [2.24, 2.45) is 0 Å². The fraction of sp³-hybridized carbons (Fsp3) is 0.458. The van der Waals surface area contributed by atoms with E-state index in [-0.39, 0.29) is 28.9 Å². The van der Waals surface area contributed by atoms with Crippen LogP contribution in [0.2, 0.25) is 0 Å².